The average molecular weight is 387 g/mol. The zero-order valence-corrected chi connectivity index (χ0v) is 15.8. The summed E-state index contributed by atoms with van der Waals surface area (Å²) in [6, 6.07) is 13.3. The third kappa shape index (κ3) is 3.29. The maximum atomic E-state index is 13.0. The van der Waals surface area contributed by atoms with Crippen LogP contribution in [0.25, 0.3) is 11.3 Å². The molecule has 0 bridgehead atoms. The third-order valence-electron chi connectivity index (χ3n) is 5.00. The molecule has 1 amide bonds. The van der Waals surface area contributed by atoms with Crippen molar-refractivity contribution in [3.63, 3.8) is 0 Å². The number of benzene rings is 1. The number of rotatable bonds is 5. The molecule has 1 aliphatic carbocycles. The van der Waals surface area contributed by atoms with Gasteiger partial charge in [0.25, 0.3) is 0 Å². The molecule has 0 atom stereocenters. The van der Waals surface area contributed by atoms with E-state index < -0.39 is 0 Å². The number of aromatic nitrogens is 1. The lowest BCUT2D eigenvalue weighted by molar-refractivity contribution is -0.126. The summed E-state index contributed by atoms with van der Waals surface area (Å²) in [6.07, 6.45) is 4.01. The van der Waals surface area contributed by atoms with E-state index in [1.54, 1.807) is 11.3 Å². The Labute approximate surface area is 161 Å². The minimum Gasteiger partial charge on any atom is -0.356 e. The number of halogens is 1. The van der Waals surface area contributed by atoms with Crippen LogP contribution in [0.5, 0.6) is 0 Å². The molecular formula is C20H19ClN2O2S. The summed E-state index contributed by atoms with van der Waals surface area (Å²) < 4.78 is 5.40. The number of hydrogen-bond acceptors (Lipinski definition) is 4. The summed E-state index contributed by atoms with van der Waals surface area (Å²) in [4.78, 5) is 14.1. The van der Waals surface area contributed by atoms with Crippen LogP contribution in [0.3, 0.4) is 0 Å². The number of carbonyl (C=O) groups is 1. The lowest BCUT2D eigenvalue weighted by Crippen LogP contribution is -2.41. The number of nitrogens with one attached hydrogen (secondary N) is 1. The monoisotopic (exact) mass is 386 g/mol. The summed E-state index contributed by atoms with van der Waals surface area (Å²) in [5.74, 6) is 0.758. The van der Waals surface area contributed by atoms with Crippen LogP contribution in [0.4, 0.5) is 0 Å². The Morgan fingerprint density at radius 3 is 2.69 bits per heavy atom. The van der Waals surface area contributed by atoms with Crippen molar-refractivity contribution in [1.29, 1.82) is 0 Å². The van der Waals surface area contributed by atoms with Gasteiger partial charge >= 0.3 is 0 Å². The van der Waals surface area contributed by atoms with Crippen molar-refractivity contribution >= 4 is 28.8 Å². The number of thiophene rings is 1. The Kier molecular flexibility index (Phi) is 4.83. The molecule has 0 spiro atoms. The van der Waals surface area contributed by atoms with E-state index in [9.17, 15) is 4.79 Å². The molecule has 6 heteroatoms. The number of amides is 1. The molecule has 1 fully saturated rings. The lowest BCUT2D eigenvalue weighted by atomic mass is 9.83. The second-order valence-electron chi connectivity index (χ2n) is 6.64. The number of hydrogen-bond donors (Lipinski definition) is 1. The Morgan fingerprint density at radius 2 is 2.00 bits per heavy atom. The molecule has 2 aromatic heterocycles. The zero-order chi connectivity index (χ0) is 18.0. The molecule has 26 heavy (non-hydrogen) atoms. The Bertz CT molecular complexity index is 881. The van der Waals surface area contributed by atoms with E-state index in [0.717, 1.165) is 36.1 Å². The molecule has 1 aliphatic rings. The second-order valence-corrected chi connectivity index (χ2v) is 8.02. The van der Waals surface area contributed by atoms with Crippen molar-refractivity contribution < 1.29 is 9.32 Å². The van der Waals surface area contributed by atoms with Crippen LogP contribution in [0.2, 0.25) is 5.02 Å². The molecule has 0 saturated heterocycles. The van der Waals surface area contributed by atoms with E-state index in [4.69, 9.17) is 16.1 Å². The standard InChI is InChI=1S/C20H19ClN2O2S/c21-15-7-5-14(6-8-15)17-12-16(23-25-17)13-22-19(24)20(9-1-2-10-20)18-4-3-11-26-18/h3-8,11-12H,1-2,9-10,13H2,(H,22,24). The lowest BCUT2D eigenvalue weighted by Gasteiger charge is -2.26. The van der Waals surface area contributed by atoms with Gasteiger partial charge in [0.2, 0.25) is 5.91 Å². The third-order valence-corrected chi connectivity index (χ3v) is 6.33. The molecule has 0 radical (unpaired) electrons. The number of carbonyl (C=O) groups excluding carboxylic acids is 1. The molecule has 1 saturated carbocycles. The molecule has 3 aromatic rings. The van der Waals surface area contributed by atoms with Gasteiger partial charge in [-0.1, -0.05) is 35.7 Å². The Morgan fingerprint density at radius 1 is 1.23 bits per heavy atom. The van der Waals surface area contributed by atoms with E-state index >= 15 is 0 Å². The van der Waals surface area contributed by atoms with E-state index in [1.807, 2.05) is 41.8 Å². The molecule has 4 nitrogen and oxygen atoms in total. The van der Waals surface area contributed by atoms with Gasteiger partial charge in [0.15, 0.2) is 5.76 Å². The first-order valence-electron chi connectivity index (χ1n) is 8.71. The average Bonchev–Trinajstić information content (AvgIpc) is 3.41. The smallest absolute Gasteiger partial charge is 0.231 e. The van der Waals surface area contributed by atoms with Gasteiger partial charge in [-0.15, -0.1) is 11.3 Å². The van der Waals surface area contributed by atoms with Crippen LogP contribution in [0.15, 0.2) is 52.4 Å². The minimum atomic E-state index is -0.378. The van der Waals surface area contributed by atoms with Crippen molar-refractivity contribution in [2.24, 2.45) is 0 Å². The molecule has 0 unspecified atom stereocenters. The van der Waals surface area contributed by atoms with E-state index in [-0.39, 0.29) is 11.3 Å². The molecule has 1 aromatic carbocycles. The van der Waals surface area contributed by atoms with Crippen molar-refractivity contribution in [1.82, 2.24) is 10.5 Å². The fourth-order valence-electron chi connectivity index (χ4n) is 3.60. The quantitative estimate of drug-likeness (QED) is 0.656. The van der Waals surface area contributed by atoms with E-state index in [2.05, 4.69) is 16.5 Å². The van der Waals surface area contributed by atoms with Crippen molar-refractivity contribution in [2.45, 2.75) is 37.6 Å². The van der Waals surface area contributed by atoms with Crippen LogP contribution in [-0.4, -0.2) is 11.1 Å². The first-order valence-corrected chi connectivity index (χ1v) is 9.97. The first-order chi connectivity index (χ1) is 12.7. The summed E-state index contributed by atoms with van der Waals surface area (Å²) in [5, 5.41) is 9.86. The highest BCUT2D eigenvalue weighted by Crippen LogP contribution is 2.43. The van der Waals surface area contributed by atoms with Crippen molar-refractivity contribution in [3.05, 3.63) is 63.4 Å². The van der Waals surface area contributed by atoms with Crippen LogP contribution in [-0.2, 0) is 16.8 Å². The molecule has 1 N–H and O–H groups in total. The van der Waals surface area contributed by atoms with Crippen LogP contribution < -0.4 is 5.32 Å². The van der Waals surface area contributed by atoms with Gasteiger partial charge < -0.3 is 9.84 Å². The molecular weight excluding hydrogens is 368 g/mol. The largest absolute Gasteiger partial charge is 0.356 e. The van der Waals surface area contributed by atoms with Crippen molar-refractivity contribution in [3.8, 4) is 11.3 Å². The topological polar surface area (TPSA) is 55.1 Å². The van der Waals surface area contributed by atoms with Gasteiger partial charge in [-0.05, 0) is 48.6 Å². The fourth-order valence-corrected chi connectivity index (χ4v) is 4.71. The SMILES string of the molecule is O=C(NCc1cc(-c2ccc(Cl)cc2)on1)C1(c2cccs2)CCCC1. The predicted molar refractivity (Wildman–Crippen MR) is 103 cm³/mol. The summed E-state index contributed by atoms with van der Waals surface area (Å²) in [5.41, 5.74) is 1.24. The zero-order valence-electron chi connectivity index (χ0n) is 14.2. The van der Waals surface area contributed by atoms with Gasteiger partial charge in [-0.3, -0.25) is 4.79 Å². The molecule has 0 aliphatic heterocycles. The van der Waals surface area contributed by atoms with E-state index in [1.165, 1.54) is 0 Å². The summed E-state index contributed by atoms with van der Waals surface area (Å²) in [6.45, 7) is 0.364. The van der Waals surface area contributed by atoms with Gasteiger partial charge in [-0.2, -0.15) is 0 Å². The summed E-state index contributed by atoms with van der Waals surface area (Å²) >= 11 is 7.58. The molecule has 134 valence electrons. The van der Waals surface area contributed by atoms with Crippen LogP contribution in [0, 0.1) is 0 Å². The van der Waals surface area contributed by atoms with Gasteiger partial charge in [0, 0.05) is 21.5 Å². The highest BCUT2D eigenvalue weighted by molar-refractivity contribution is 7.10. The van der Waals surface area contributed by atoms with Gasteiger partial charge in [0.1, 0.15) is 5.69 Å². The fraction of sp³-hybridized carbons (Fsp3) is 0.300. The maximum Gasteiger partial charge on any atom is 0.231 e. The normalized spacial score (nSPS) is 15.9. The summed E-state index contributed by atoms with van der Waals surface area (Å²) in [7, 11) is 0. The molecule has 2 heterocycles. The molecule has 4 rings (SSSR count). The van der Waals surface area contributed by atoms with Gasteiger partial charge in [0.05, 0.1) is 12.0 Å². The minimum absolute atomic E-state index is 0.0912. The number of nitrogens with zero attached hydrogens (tertiary/aromatic N) is 1. The second kappa shape index (κ2) is 7.25. The van der Waals surface area contributed by atoms with Gasteiger partial charge in [-0.25, -0.2) is 0 Å². The Hall–Kier alpha value is -2.11. The first kappa shape index (κ1) is 17.3. The highest BCUT2D eigenvalue weighted by atomic mass is 35.5. The van der Waals surface area contributed by atoms with E-state index in [0.29, 0.717) is 23.0 Å². The van der Waals surface area contributed by atoms with Crippen molar-refractivity contribution in [2.75, 3.05) is 0 Å². The van der Waals surface area contributed by atoms with Crippen LogP contribution >= 0.6 is 22.9 Å². The highest BCUT2D eigenvalue weighted by Gasteiger charge is 2.43. The maximum absolute atomic E-state index is 13.0. The van der Waals surface area contributed by atoms with Crippen LogP contribution in [0.1, 0.15) is 36.3 Å². The Balaban J connectivity index is 1.45. The predicted octanol–water partition coefficient (Wildman–Crippen LogP) is 5.18.